The molecule has 0 unspecified atom stereocenters. The minimum atomic E-state index is -0.238. The van der Waals surface area contributed by atoms with Crippen LogP contribution in [0.3, 0.4) is 0 Å². The van der Waals surface area contributed by atoms with E-state index in [2.05, 4.69) is 25.4 Å². The van der Waals surface area contributed by atoms with Gasteiger partial charge in [0.2, 0.25) is 5.88 Å². The number of hydrogen-bond acceptors (Lipinski definition) is 6. The third kappa shape index (κ3) is 3.24. The zero-order chi connectivity index (χ0) is 16.9. The SMILES string of the molecule is COc1nn(C)cc1C(=O)NCCn1ccnc1-c1ncccn1. The van der Waals surface area contributed by atoms with Crippen LogP contribution in [0.5, 0.6) is 5.88 Å². The van der Waals surface area contributed by atoms with E-state index >= 15 is 0 Å². The summed E-state index contributed by atoms with van der Waals surface area (Å²) in [6, 6.07) is 1.75. The van der Waals surface area contributed by atoms with E-state index in [1.165, 1.54) is 11.8 Å². The van der Waals surface area contributed by atoms with Crippen molar-refractivity contribution >= 4 is 5.91 Å². The lowest BCUT2D eigenvalue weighted by Gasteiger charge is -2.08. The Morgan fingerprint density at radius 3 is 2.79 bits per heavy atom. The fraction of sp³-hybridized carbons (Fsp3) is 0.267. The number of rotatable bonds is 6. The summed E-state index contributed by atoms with van der Waals surface area (Å²) in [5.74, 6) is 1.26. The molecule has 1 N–H and O–H groups in total. The van der Waals surface area contributed by atoms with Crippen molar-refractivity contribution in [3.63, 3.8) is 0 Å². The maximum absolute atomic E-state index is 12.2. The monoisotopic (exact) mass is 327 g/mol. The van der Waals surface area contributed by atoms with E-state index in [1.807, 2.05) is 10.8 Å². The second kappa shape index (κ2) is 6.90. The number of amides is 1. The number of methoxy groups -OCH3 is 1. The fourth-order valence-corrected chi connectivity index (χ4v) is 2.27. The second-order valence-corrected chi connectivity index (χ2v) is 5.00. The van der Waals surface area contributed by atoms with E-state index in [9.17, 15) is 4.79 Å². The van der Waals surface area contributed by atoms with Gasteiger partial charge in [-0.05, 0) is 6.07 Å². The number of nitrogens with zero attached hydrogens (tertiary/aromatic N) is 6. The lowest BCUT2D eigenvalue weighted by atomic mass is 10.3. The Morgan fingerprint density at radius 2 is 2.04 bits per heavy atom. The van der Waals surface area contributed by atoms with Gasteiger partial charge in [-0.25, -0.2) is 15.0 Å². The van der Waals surface area contributed by atoms with Crippen LogP contribution in [0.25, 0.3) is 11.6 Å². The standard InChI is InChI=1S/C15H17N7O2/c1-21-10-11(15(20-21)24-2)14(23)19-7-9-22-8-6-18-13(22)12-16-4-3-5-17-12/h3-6,8,10H,7,9H2,1-2H3,(H,19,23). The molecule has 3 heterocycles. The first-order valence-electron chi connectivity index (χ1n) is 7.33. The van der Waals surface area contributed by atoms with E-state index in [4.69, 9.17) is 4.74 Å². The van der Waals surface area contributed by atoms with Crippen LogP contribution < -0.4 is 10.1 Å². The van der Waals surface area contributed by atoms with E-state index in [-0.39, 0.29) is 5.91 Å². The molecule has 0 saturated carbocycles. The van der Waals surface area contributed by atoms with Gasteiger partial charge < -0.3 is 14.6 Å². The molecular formula is C15H17N7O2. The number of aromatic nitrogens is 6. The Labute approximate surface area is 138 Å². The molecule has 0 aliphatic carbocycles. The van der Waals surface area contributed by atoms with Crippen LogP contribution in [-0.2, 0) is 13.6 Å². The quantitative estimate of drug-likeness (QED) is 0.708. The molecule has 0 aliphatic heterocycles. The molecular weight excluding hydrogens is 310 g/mol. The maximum Gasteiger partial charge on any atom is 0.258 e. The smallest absolute Gasteiger partial charge is 0.258 e. The molecule has 0 radical (unpaired) electrons. The number of imidazole rings is 1. The number of carbonyl (C=O) groups excluding carboxylic acids is 1. The molecule has 0 atom stereocenters. The van der Waals surface area contributed by atoms with Gasteiger partial charge in [-0.2, -0.15) is 0 Å². The lowest BCUT2D eigenvalue weighted by Crippen LogP contribution is -2.27. The van der Waals surface area contributed by atoms with Crippen LogP contribution >= 0.6 is 0 Å². The molecule has 0 saturated heterocycles. The van der Waals surface area contributed by atoms with E-state index in [0.29, 0.717) is 36.2 Å². The van der Waals surface area contributed by atoms with Gasteiger partial charge in [-0.3, -0.25) is 9.48 Å². The van der Waals surface area contributed by atoms with Crippen LogP contribution in [0.4, 0.5) is 0 Å². The van der Waals surface area contributed by atoms with Gasteiger partial charge >= 0.3 is 0 Å². The molecule has 0 aromatic carbocycles. The van der Waals surface area contributed by atoms with Crippen molar-refractivity contribution in [1.29, 1.82) is 0 Å². The van der Waals surface area contributed by atoms with Gasteiger partial charge in [0.25, 0.3) is 5.91 Å². The van der Waals surface area contributed by atoms with Crippen molar-refractivity contribution in [2.24, 2.45) is 7.05 Å². The second-order valence-electron chi connectivity index (χ2n) is 5.00. The molecule has 0 fully saturated rings. The highest BCUT2D eigenvalue weighted by molar-refractivity contribution is 5.96. The third-order valence-electron chi connectivity index (χ3n) is 3.35. The highest BCUT2D eigenvalue weighted by Gasteiger charge is 2.16. The van der Waals surface area contributed by atoms with E-state index in [1.54, 1.807) is 37.9 Å². The predicted octanol–water partition coefficient (Wildman–Crippen LogP) is 0.512. The molecule has 3 aromatic rings. The maximum atomic E-state index is 12.2. The average Bonchev–Trinajstić information content (AvgIpc) is 3.21. The van der Waals surface area contributed by atoms with Gasteiger partial charge in [0, 0.05) is 51.1 Å². The number of aryl methyl sites for hydroxylation is 1. The molecule has 124 valence electrons. The number of hydrogen-bond donors (Lipinski definition) is 1. The first-order chi connectivity index (χ1) is 11.7. The van der Waals surface area contributed by atoms with Gasteiger partial charge in [0.05, 0.1) is 7.11 Å². The average molecular weight is 327 g/mol. The number of carbonyl (C=O) groups is 1. The highest BCUT2D eigenvalue weighted by atomic mass is 16.5. The minimum Gasteiger partial charge on any atom is -0.479 e. The van der Waals surface area contributed by atoms with E-state index in [0.717, 1.165) is 0 Å². The van der Waals surface area contributed by atoms with Crippen molar-refractivity contribution in [3.05, 3.63) is 42.6 Å². The Bertz CT molecular complexity index is 825. The molecule has 9 heteroatoms. The predicted molar refractivity (Wildman–Crippen MR) is 85.3 cm³/mol. The lowest BCUT2D eigenvalue weighted by molar-refractivity contribution is 0.0949. The minimum absolute atomic E-state index is 0.238. The molecule has 24 heavy (non-hydrogen) atoms. The van der Waals surface area contributed by atoms with Gasteiger partial charge in [-0.1, -0.05) is 0 Å². The summed E-state index contributed by atoms with van der Waals surface area (Å²) in [5, 5.41) is 6.91. The molecule has 3 rings (SSSR count). The molecule has 9 nitrogen and oxygen atoms in total. The molecule has 1 amide bonds. The molecule has 0 spiro atoms. The van der Waals surface area contributed by atoms with Crippen molar-refractivity contribution in [3.8, 4) is 17.5 Å². The molecule has 0 bridgehead atoms. The number of nitrogens with one attached hydrogen (secondary N) is 1. The van der Waals surface area contributed by atoms with Crippen LogP contribution in [0.2, 0.25) is 0 Å². The van der Waals surface area contributed by atoms with E-state index < -0.39 is 0 Å². The first kappa shape index (κ1) is 15.7. The highest BCUT2D eigenvalue weighted by Crippen LogP contribution is 2.14. The normalized spacial score (nSPS) is 10.6. The summed E-state index contributed by atoms with van der Waals surface area (Å²) < 4.78 is 8.51. The summed E-state index contributed by atoms with van der Waals surface area (Å²) in [6.45, 7) is 0.967. The zero-order valence-corrected chi connectivity index (χ0v) is 13.4. The van der Waals surface area contributed by atoms with Crippen LogP contribution in [0.15, 0.2) is 37.1 Å². The summed E-state index contributed by atoms with van der Waals surface area (Å²) in [5.41, 5.74) is 0.400. The van der Waals surface area contributed by atoms with Crippen LogP contribution in [0.1, 0.15) is 10.4 Å². The Morgan fingerprint density at radius 1 is 1.25 bits per heavy atom. The van der Waals surface area contributed by atoms with Crippen molar-refractivity contribution < 1.29 is 9.53 Å². The fourth-order valence-electron chi connectivity index (χ4n) is 2.27. The number of ether oxygens (including phenoxy) is 1. The molecule has 0 aliphatic rings. The summed E-state index contributed by atoms with van der Waals surface area (Å²) in [6.07, 6.45) is 8.45. The van der Waals surface area contributed by atoms with Gasteiger partial charge in [0.1, 0.15) is 5.56 Å². The Hall–Kier alpha value is -3.23. The van der Waals surface area contributed by atoms with Crippen molar-refractivity contribution in [2.75, 3.05) is 13.7 Å². The molecule has 3 aromatic heterocycles. The summed E-state index contributed by atoms with van der Waals surface area (Å²) >= 11 is 0. The third-order valence-corrected chi connectivity index (χ3v) is 3.35. The first-order valence-corrected chi connectivity index (χ1v) is 7.33. The topological polar surface area (TPSA) is 99.8 Å². The summed E-state index contributed by atoms with van der Waals surface area (Å²) in [7, 11) is 3.22. The van der Waals surface area contributed by atoms with Crippen LogP contribution in [0, 0.1) is 0 Å². The van der Waals surface area contributed by atoms with Gasteiger partial charge in [0.15, 0.2) is 11.6 Å². The van der Waals surface area contributed by atoms with Crippen molar-refractivity contribution in [1.82, 2.24) is 34.6 Å². The van der Waals surface area contributed by atoms with Crippen LogP contribution in [-0.4, -0.2) is 48.9 Å². The largest absolute Gasteiger partial charge is 0.479 e. The Kier molecular flexibility index (Phi) is 4.50. The zero-order valence-electron chi connectivity index (χ0n) is 13.4. The van der Waals surface area contributed by atoms with Gasteiger partial charge in [-0.15, -0.1) is 5.10 Å². The Balaban J connectivity index is 1.63. The summed E-state index contributed by atoms with van der Waals surface area (Å²) in [4.78, 5) is 24.9. The van der Waals surface area contributed by atoms with Crippen molar-refractivity contribution in [2.45, 2.75) is 6.54 Å².